The van der Waals surface area contributed by atoms with Gasteiger partial charge >= 0.3 is 0 Å². The first-order chi connectivity index (χ1) is 13.7. The minimum Gasteiger partial charge on any atom is -0.379 e. The van der Waals surface area contributed by atoms with Crippen molar-refractivity contribution in [1.82, 2.24) is 14.8 Å². The summed E-state index contributed by atoms with van der Waals surface area (Å²) in [6.45, 7) is 10.2. The summed E-state index contributed by atoms with van der Waals surface area (Å²) in [4.78, 5) is 22.7. The van der Waals surface area contributed by atoms with Crippen molar-refractivity contribution in [3.05, 3.63) is 39.6 Å². The highest BCUT2D eigenvalue weighted by atomic mass is 35.5. The van der Waals surface area contributed by atoms with Gasteiger partial charge in [0.05, 0.1) is 13.2 Å². The number of piperazine rings is 1. The van der Waals surface area contributed by atoms with Crippen molar-refractivity contribution in [2.24, 2.45) is 0 Å². The molecule has 6 nitrogen and oxygen atoms in total. The third-order valence-electron chi connectivity index (χ3n) is 5.84. The van der Waals surface area contributed by atoms with Gasteiger partial charge in [0.2, 0.25) is 0 Å². The van der Waals surface area contributed by atoms with Gasteiger partial charge in [0.25, 0.3) is 5.56 Å². The van der Waals surface area contributed by atoms with E-state index in [1.165, 1.54) is 19.4 Å². The number of nitrogens with one attached hydrogen (secondary N) is 1. The number of rotatable bonds is 6. The molecule has 1 N–H and O–H groups in total. The Morgan fingerprint density at radius 1 is 0.929 bits per heavy atom. The summed E-state index contributed by atoms with van der Waals surface area (Å²) in [5.41, 5.74) is -0.0689. The Kier molecular flexibility index (Phi) is 6.52. The number of fused-ring (bicyclic) bond motifs is 1. The van der Waals surface area contributed by atoms with Crippen LogP contribution in [0, 0.1) is 0 Å². The summed E-state index contributed by atoms with van der Waals surface area (Å²) in [5, 5.41) is 2.10. The Hall–Kier alpha value is -1.60. The van der Waals surface area contributed by atoms with Crippen molar-refractivity contribution in [2.45, 2.75) is 12.8 Å². The van der Waals surface area contributed by atoms with E-state index in [-0.39, 0.29) is 5.56 Å². The van der Waals surface area contributed by atoms with E-state index in [4.69, 9.17) is 16.3 Å². The van der Waals surface area contributed by atoms with Gasteiger partial charge < -0.3 is 14.6 Å². The third-order valence-corrected chi connectivity index (χ3v) is 6.17. The molecule has 0 spiro atoms. The lowest BCUT2D eigenvalue weighted by Crippen LogP contribution is -2.47. The molecule has 0 atom stereocenters. The first-order valence-electron chi connectivity index (χ1n) is 10.3. The molecule has 4 rings (SSSR count). The van der Waals surface area contributed by atoms with Crippen LogP contribution in [0.3, 0.4) is 0 Å². The van der Waals surface area contributed by atoms with Crippen LogP contribution in [0.25, 0.3) is 10.8 Å². The molecule has 7 heteroatoms. The molecule has 2 saturated heterocycles. The summed E-state index contributed by atoms with van der Waals surface area (Å²) in [6.07, 6.45) is 2.48. The fourth-order valence-corrected chi connectivity index (χ4v) is 4.35. The van der Waals surface area contributed by atoms with Crippen LogP contribution in [-0.2, 0) is 4.74 Å². The van der Waals surface area contributed by atoms with E-state index >= 15 is 0 Å². The largest absolute Gasteiger partial charge is 0.379 e. The molecule has 2 fully saturated rings. The summed E-state index contributed by atoms with van der Waals surface area (Å²) in [5.74, 6) is 0.873. The molecular weight excluding hydrogens is 376 g/mol. The summed E-state index contributed by atoms with van der Waals surface area (Å²) in [6, 6.07) is 7.48. The quantitative estimate of drug-likeness (QED) is 0.749. The Morgan fingerprint density at radius 2 is 1.61 bits per heavy atom. The lowest BCUT2D eigenvalue weighted by Gasteiger charge is -2.36. The summed E-state index contributed by atoms with van der Waals surface area (Å²) < 4.78 is 5.40. The smallest absolute Gasteiger partial charge is 0.257 e. The first kappa shape index (κ1) is 19.7. The first-order valence-corrected chi connectivity index (χ1v) is 10.7. The fraction of sp³-hybridized carbons (Fsp3) is 0.571. The van der Waals surface area contributed by atoms with E-state index in [9.17, 15) is 4.79 Å². The van der Waals surface area contributed by atoms with Crippen LogP contribution in [0.2, 0.25) is 5.02 Å². The number of H-pyrrole nitrogens is 1. The minimum absolute atomic E-state index is 0.0689. The van der Waals surface area contributed by atoms with Crippen LogP contribution in [0.1, 0.15) is 12.8 Å². The van der Waals surface area contributed by atoms with Crippen LogP contribution < -0.4 is 10.5 Å². The average Bonchev–Trinajstić information content (AvgIpc) is 2.73. The van der Waals surface area contributed by atoms with Gasteiger partial charge in [0.15, 0.2) is 0 Å². The number of hydrogen-bond donors (Lipinski definition) is 1. The van der Waals surface area contributed by atoms with Gasteiger partial charge in [0.1, 0.15) is 5.82 Å². The van der Waals surface area contributed by atoms with Crippen LogP contribution in [0.5, 0.6) is 0 Å². The molecule has 1 aromatic heterocycles. The van der Waals surface area contributed by atoms with Crippen molar-refractivity contribution in [2.75, 3.05) is 70.5 Å². The molecule has 28 heavy (non-hydrogen) atoms. The van der Waals surface area contributed by atoms with Gasteiger partial charge in [-0.3, -0.25) is 14.6 Å². The molecular formula is C21H29ClN4O2. The maximum atomic E-state index is 12.4. The Labute approximate surface area is 171 Å². The van der Waals surface area contributed by atoms with E-state index in [2.05, 4.69) is 19.7 Å². The predicted molar refractivity (Wildman–Crippen MR) is 115 cm³/mol. The summed E-state index contributed by atoms with van der Waals surface area (Å²) in [7, 11) is 0. The van der Waals surface area contributed by atoms with Gasteiger partial charge in [-0.05, 0) is 44.1 Å². The number of morpholine rings is 1. The van der Waals surface area contributed by atoms with Gasteiger partial charge in [-0.1, -0.05) is 17.7 Å². The minimum atomic E-state index is -0.0689. The van der Waals surface area contributed by atoms with Crippen molar-refractivity contribution in [3.63, 3.8) is 0 Å². The molecule has 0 saturated carbocycles. The number of aromatic nitrogens is 1. The lowest BCUT2D eigenvalue weighted by molar-refractivity contribution is 0.0368. The molecule has 0 aliphatic carbocycles. The van der Waals surface area contributed by atoms with Gasteiger partial charge in [-0.15, -0.1) is 0 Å². The zero-order valence-corrected chi connectivity index (χ0v) is 17.1. The molecule has 0 bridgehead atoms. The highest BCUT2D eigenvalue weighted by Gasteiger charge is 2.19. The fourth-order valence-electron chi connectivity index (χ4n) is 4.12. The molecule has 1 aromatic carbocycles. The van der Waals surface area contributed by atoms with E-state index in [0.29, 0.717) is 10.4 Å². The topological polar surface area (TPSA) is 51.8 Å². The standard InChI is InChI=1S/C21H29ClN4O2/c22-19-5-3-4-17-18(19)16-20(23-21(17)27)26-10-8-24(9-11-26)6-1-2-7-25-12-14-28-15-13-25/h3-5,16H,1-2,6-15H2,(H,23,27). The molecule has 0 amide bonds. The van der Waals surface area contributed by atoms with Crippen molar-refractivity contribution in [1.29, 1.82) is 0 Å². The van der Waals surface area contributed by atoms with Crippen LogP contribution in [0.15, 0.2) is 29.1 Å². The second-order valence-corrected chi connectivity index (χ2v) is 8.08. The average molecular weight is 405 g/mol. The molecule has 3 heterocycles. The van der Waals surface area contributed by atoms with Crippen molar-refractivity contribution in [3.8, 4) is 0 Å². The Balaban J connectivity index is 1.26. The number of ether oxygens (including phenoxy) is 1. The number of nitrogens with zero attached hydrogens (tertiary/aromatic N) is 3. The van der Waals surface area contributed by atoms with Gasteiger partial charge in [-0.25, -0.2) is 0 Å². The van der Waals surface area contributed by atoms with Gasteiger partial charge in [0, 0.05) is 55.1 Å². The third kappa shape index (κ3) is 4.69. The highest BCUT2D eigenvalue weighted by molar-refractivity contribution is 6.35. The number of unbranched alkanes of at least 4 members (excludes halogenated alkanes) is 1. The molecule has 2 aliphatic heterocycles. The number of benzene rings is 1. The van der Waals surface area contributed by atoms with Gasteiger partial charge in [-0.2, -0.15) is 0 Å². The van der Waals surface area contributed by atoms with E-state index in [0.717, 1.165) is 70.2 Å². The highest BCUT2D eigenvalue weighted by Crippen LogP contribution is 2.24. The summed E-state index contributed by atoms with van der Waals surface area (Å²) >= 11 is 6.30. The maximum absolute atomic E-state index is 12.4. The normalized spacial score (nSPS) is 19.4. The van der Waals surface area contributed by atoms with Crippen molar-refractivity contribution >= 4 is 28.2 Å². The number of pyridine rings is 1. The molecule has 0 unspecified atom stereocenters. The van der Waals surface area contributed by atoms with E-state index in [1.54, 1.807) is 0 Å². The lowest BCUT2D eigenvalue weighted by atomic mass is 10.1. The maximum Gasteiger partial charge on any atom is 0.257 e. The molecule has 2 aromatic rings. The predicted octanol–water partition coefficient (Wildman–Crippen LogP) is 2.42. The molecule has 152 valence electrons. The SMILES string of the molecule is O=c1[nH]c(N2CCN(CCCCN3CCOCC3)CC2)cc2c(Cl)cccc12. The number of aromatic amines is 1. The zero-order chi connectivity index (χ0) is 19.3. The number of hydrogen-bond acceptors (Lipinski definition) is 5. The van der Waals surface area contributed by atoms with E-state index in [1.807, 2.05) is 24.3 Å². The van der Waals surface area contributed by atoms with Crippen LogP contribution >= 0.6 is 11.6 Å². The van der Waals surface area contributed by atoms with Crippen molar-refractivity contribution < 1.29 is 4.74 Å². The molecule has 2 aliphatic rings. The Morgan fingerprint density at radius 3 is 2.32 bits per heavy atom. The van der Waals surface area contributed by atoms with E-state index < -0.39 is 0 Å². The monoisotopic (exact) mass is 404 g/mol. The number of halogens is 1. The van der Waals surface area contributed by atoms with Crippen LogP contribution in [-0.4, -0.2) is 80.4 Å². The Bertz CT molecular complexity index is 842. The zero-order valence-electron chi connectivity index (χ0n) is 16.3. The molecule has 0 radical (unpaired) electrons. The second-order valence-electron chi connectivity index (χ2n) is 7.67. The van der Waals surface area contributed by atoms with Crippen LogP contribution in [0.4, 0.5) is 5.82 Å². The number of anilines is 1. The second kappa shape index (κ2) is 9.27.